The molecule has 0 N–H and O–H groups in total. The van der Waals surface area contributed by atoms with Crippen molar-refractivity contribution in [1.82, 2.24) is 18.3 Å². The van der Waals surface area contributed by atoms with Gasteiger partial charge in [-0.1, -0.05) is 72.8 Å². The maximum absolute atomic E-state index is 15.1. The Morgan fingerprint density at radius 3 is 1.01 bits per heavy atom. The van der Waals surface area contributed by atoms with Crippen LogP contribution in [0.3, 0.4) is 0 Å². The monoisotopic (exact) mass is 914 g/mol. The molecule has 0 atom stereocenters. The molecule has 0 unspecified atom stereocenters. The van der Waals surface area contributed by atoms with Crippen LogP contribution in [0.1, 0.15) is 0 Å². The first kappa shape index (κ1) is 36.4. The molecule has 8 aromatic carbocycles. The van der Waals surface area contributed by atoms with Gasteiger partial charge >= 0.3 is 0 Å². The molecular formula is C56H26N4O6S2. The molecule has 0 aliphatic carbocycles. The average Bonchev–Trinajstić information content (AvgIpc) is 4.21. The van der Waals surface area contributed by atoms with Gasteiger partial charge in [0.1, 0.15) is 11.2 Å². The number of nitrogens with zero attached hydrogens (tertiary/aromatic N) is 4. The third kappa shape index (κ3) is 4.28. The number of fused-ring (bicyclic) bond motifs is 6. The Morgan fingerprint density at radius 2 is 0.676 bits per heavy atom. The highest BCUT2D eigenvalue weighted by atomic mass is 32.1. The minimum atomic E-state index is -0.489. The fourth-order valence-electron chi connectivity index (χ4n) is 11.5. The van der Waals surface area contributed by atoms with Gasteiger partial charge in [-0.2, -0.15) is 22.7 Å². The summed E-state index contributed by atoms with van der Waals surface area (Å²) in [5, 5.41) is 15.7. The molecule has 0 radical (unpaired) electrons. The van der Waals surface area contributed by atoms with Gasteiger partial charge in [0.25, 0.3) is 22.2 Å². The van der Waals surface area contributed by atoms with Crippen molar-refractivity contribution in [3.8, 4) is 22.7 Å². The number of aromatic nitrogens is 4. The van der Waals surface area contributed by atoms with Crippen molar-refractivity contribution in [2.45, 2.75) is 0 Å². The number of para-hydroxylation sites is 4. The normalized spacial score (nSPS) is 12.6. The maximum atomic E-state index is 15.1. The number of rotatable bonds is 4. The zero-order valence-corrected chi connectivity index (χ0v) is 36.7. The molecule has 0 fully saturated rings. The summed E-state index contributed by atoms with van der Waals surface area (Å²) in [6.07, 6.45) is 0. The number of benzene rings is 8. The van der Waals surface area contributed by atoms with E-state index in [9.17, 15) is 0 Å². The first-order valence-corrected chi connectivity index (χ1v) is 23.8. The molecule has 0 aliphatic rings. The van der Waals surface area contributed by atoms with Crippen LogP contribution in [0.15, 0.2) is 183 Å². The summed E-state index contributed by atoms with van der Waals surface area (Å²) in [5.74, 6) is 0. The van der Waals surface area contributed by atoms with Gasteiger partial charge in [-0.05, 0) is 71.4 Å². The minimum absolute atomic E-state index is 0.283. The van der Waals surface area contributed by atoms with Gasteiger partial charge in [0.15, 0.2) is 11.2 Å². The van der Waals surface area contributed by atoms with E-state index >= 15 is 19.2 Å². The molecule has 0 spiro atoms. The van der Waals surface area contributed by atoms with Crippen molar-refractivity contribution in [3.63, 3.8) is 0 Å². The molecule has 0 saturated carbocycles. The Morgan fingerprint density at radius 1 is 0.338 bits per heavy atom. The standard InChI is InChI=1S/C56H26N4O6S2/c61-53-33-21-41(59-37-13-5-1-9-29(37)30-10-2-6-14-38(30)59)51-49-45(33)35(55(63)57(53)27-17-19-67-25-27)24-44-47(49)48-43(65-51)23-36-46-34(54(62)58(56(36)64)28-18-20-68-26-28)22-42(52(66-44)50(46)48)60-39-15-7-3-11-31(39)32-12-4-8-16-40(32)60/h1-26H. The first-order valence-electron chi connectivity index (χ1n) is 21.9. The van der Waals surface area contributed by atoms with E-state index < -0.39 is 22.2 Å². The van der Waals surface area contributed by atoms with Gasteiger partial charge in [-0.25, -0.2) is 9.13 Å². The van der Waals surface area contributed by atoms with Crippen molar-refractivity contribution in [2.24, 2.45) is 0 Å². The summed E-state index contributed by atoms with van der Waals surface area (Å²) in [6.45, 7) is 0. The summed E-state index contributed by atoms with van der Waals surface area (Å²) < 4.78 is 21.4. The summed E-state index contributed by atoms with van der Waals surface area (Å²) in [6, 6.07) is 43.2. The summed E-state index contributed by atoms with van der Waals surface area (Å²) in [4.78, 5) is 60.3. The van der Waals surface area contributed by atoms with Crippen LogP contribution in [-0.4, -0.2) is 18.3 Å². The third-order valence-electron chi connectivity index (χ3n) is 14.2. The van der Waals surface area contributed by atoms with Gasteiger partial charge in [-0.3, -0.25) is 19.2 Å². The average molecular weight is 915 g/mol. The fourth-order valence-corrected chi connectivity index (χ4v) is 12.7. The highest BCUT2D eigenvalue weighted by Gasteiger charge is 2.32. The van der Waals surface area contributed by atoms with Crippen LogP contribution in [0.5, 0.6) is 0 Å². The van der Waals surface area contributed by atoms with Crippen molar-refractivity contribution < 1.29 is 8.83 Å². The summed E-state index contributed by atoms with van der Waals surface area (Å²) >= 11 is 2.80. The van der Waals surface area contributed by atoms with Crippen LogP contribution < -0.4 is 22.2 Å². The van der Waals surface area contributed by atoms with Crippen LogP contribution in [0.4, 0.5) is 0 Å². The van der Waals surface area contributed by atoms with Crippen LogP contribution in [-0.2, 0) is 0 Å². The predicted molar refractivity (Wildman–Crippen MR) is 275 cm³/mol. The van der Waals surface area contributed by atoms with Gasteiger partial charge in [0.05, 0.1) is 66.4 Å². The van der Waals surface area contributed by atoms with Gasteiger partial charge in [0.2, 0.25) is 0 Å². The summed E-state index contributed by atoms with van der Waals surface area (Å²) in [5.41, 5.74) is 5.28. The van der Waals surface area contributed by atoms with Crippen molar-refractivity contribution in [2.75, 3.05) is 0 Å². The lowest BCUT2D eigenvalue weighted by Gasteiger charge is -2.22. The highest BCUT2D eigenvalue weighted by molar-refractivity contribution is 7.08. The topological polar surface area (TPSA) is 114 Å². The molecular weight excluding hydrogens is 889 g/mol. The van der Waals surface area contributed by atoms with Gasteiger partial charge < -0.3 is 18.0 Å². The first-order chi connectivity index (χ1) is 33.4. The molecule has 10 nitrogen and oxygen atoms in total. The van der Waals surface area contributed by atoms with Gasteiger partial charge in [0, 0.05) is 64.6 Å². The third-order valence-corrected chi connectivity index (χ3v) is 15.5. The Labute approximate surface area is 386 Å². The molecule has 0 bridgehead atoms. The lowest BCUT2D eigenvalue weighted by molar-refractivity contribution is 0.651. The zero-order chi connectivity index (χ0) is 44.8. The van der Waals surface area contributed by atoms with Crippen molar-refractivity contribution >= 4 is 142 Å². The second-order valence-electron chi connectivity index (χ2n) is 17.4. The Bertz CT molecular complexity index is 4700. The number of thiophene rings is 2. The van der Waals surface area contributed by atoms with E-state index in [-0.39, 0.29) is 10.8 Å². The van der Waals surface area contributed by atoms with Gasteiger partial charge in [-0.15, -0.1) is 0 Å². The fraction of sp³-hybridized carbons (Fsp3) is 0. The molecule has 8 aromatic heterocycles. The SMILES string of the molecule is O=c1c2cc(-n3c4ccccc4c4ccccc43)c3oc4cc5c(=O)n(-c6ccsc6)c(=O)c6cc(-n7c8ccccc8c8ccccc87)c7oc8cc(c(=O)n1-c1ccsc1)c2c3c8c4c7c65. The predicted octanol–water partition coefficient (Wildman–Crippen LogP) is 12.6. The smallest absolute Gasteiger partial charge is 0.266 e. The molecule has 12 heteroatoms. The lowest BCUT2D eigenvalue weighted by atomic mass is 9.90. The Kier molecular flexibility index (Phi) is 6.70. The van der Waals surface area contributed by atoms with E-state index in [1.54, 1.807) is 35.0 Å². The van der Waals surface area contributed by atoms with E-state index in [1.165, 1.54) is 31.8 Å². The molecule has 318 valence electrons. The zero-order valence-electron chi connectivity index (χ0n) is 35.1. The second-order valence-corrected chi connectivity index (χ2v) is 19.0. The molecule has 16 rings (SSSR count). The molecule has 0 aliphatic heterocycles. The molecule has 16 aromatic rings. The number of hydrogen-bond acceptors (Lipinski definition) is 8. The van der Waals surface area contributed by atoms with E-state index in [0.717, 1.165) is 43.6 Å². The second kappa shape index (κ2) is 12.5. The largest absolute Gasteiger partial charge is 0.454 e. The van der Waals surface area contributed by atoms with Crippen LogP contribution in [0.25, 0.3) is 143 Å². The van der Waals surface area contributed by atoms with Crippen LogP contribution >= 0.6 is 22.7 Å². The minimum Gasteiger partial charge on any atom is -0.454 e. The Balaban J connectivity index is 1.20. The van der Waals surface area contributed by atoms with E-state index in [0.29, 0.717) is 88.2 Å². The number of hydrogen-bond donors (Lipinski definition) is 0. The van der Waals surface area contributed by atoms with Crippen molar-refractivity contribution in [3.05, 3.63) is 196 Å². The van der Waals surface area contributed by atoms with Crippen LogP contribution in [0.2, 0.25) is 0 Å². The Hall–Kier alpha value is -8.84. The van der Waals surface area contributed by atoms with Crippen molar-refractivity contribution in [1.29, 1.82) is 0 Å². The highest BCUT2D eigenvalue weighted by Crippen LogP contribution is 2.50. The van der Waals surface area contributed by atoms with Crippen LogP contribution in [0, 0.1) is 0 Å². The van der Waals surface area contributed by atoms with E-state index in [1.807, 2.05) is 95.7 Å². The maximum Gasteiger partial charge on any atom is 0.266 e. The lowest BCUT2D eigenvalue weighted by Crippen LogP contribution is -2.32. The molecule has 0 saturated heterocycles. The van der Waals surface area contributed by atoms with E-state index in [4.69, 9.17) is 8.83 Å². The van der Waals surface area contributed by atoms with E-state index in [2.05, 4.69) is 33.4 Å². The molecule has 68 heavy (non-hydrogen) atoms. The molecule has 0 amide bonds. The quantitative estimate of drug-likeness (QED) is 0.128. The summed E-state index contributed by atoms with van der Waals surface area (Å²) in [7, 11) is 0. The molecule has 8 heterocycles. The number of pyridine rings is 2.